The average molecular weight is 301 g/mol. The molecule has 1 heterocycles. The van der Waals surface area contributed by atoms with Gasteiger partial charge in [0.25, 0.3) is 0 Å². The highest BCUT2D eigenvalue weighted by Crippen LogP contribution is 2.71. The highest BCUT2D eigenvalue weighted by Gasteiger charge is 2.66. The van der Waals surface area contributed by atoms with Gasteiger partial charge in [0.2, 0.25) is 0 Å². The van der Waals surface area contributed by atoms with Crippen LogP contribution in [0.4, 0.5) is 0 Å². The van der Waals surface area contributed by atoms with Crippen LogP contribution in [0.5, 0.6) is 0 Å². The molecule has 1 aromatic heterocycles. The molecular weight excluding hydrogens is 278 g/mol. The average Bonchev–Trinajstić information content (AvgIpc) is 2.82. The van der Waals surface area contributed by atoms with Crippen LogP contribution in [0, 0.1) is 5.41 Å². The zero-order valence-electron chi connectivity index (χ0n) is 14.4. The van der Waals surface area contributed by atoms with Crippen LogP contribution in [0.2, 0.25) is 0 Å². The number of pyridine rings is 1. The second-order valence-corrected chi connectivity index (χ2v) is 8.52. The van der Waals surface area contributed by atoms with Crippen molar-refractivity contribution in [2.45, 2.75) is 51.4 Å². The van der Waals surface area contributed by atoms with Crippen LogP contribution < -0.4 is 0 Å². The molecule has 23 heavy (non-hydrogen) atoms. The van der Waals surface area contributed by atoms with Crippen LogP contribution >= 0.6 is 0 Å². The molecule has 2 bridgehead atoms. The maximum atomic E-state index is 4.94. The minimum absolute atomic E-state index is 0.251. The molecule has 0 N–H and O–H groups in total. The predicted octanol–water partition coefficient (Wildman–Crippen LogP) is 5.74. The van der Waals surface area contributed by atoms with Gasteiger partial charge in [0.1, 0.15) is 0 Å². The van der Waals surface area contributed by atoms with Crippen LogP contribution in [-0.2, 0) is 10.8 Å². The number of hydrogen-bond donors (Lipinski definition) is 0. The Morgan fingerprint density at radius 1 is 0.826 bits per heavy atom. The molecular formula is C22H23N. The Hall–Kier alpha value is -1.89. The summed E-state index contributed by atoms with van der Waals surface area (Å²) in [5.74, 6) is 0. The van der Waals surface area contributed by atoms with Crippen LogP contribution in [0.25, 0.3) is 21.7 Å². The Balaban J connectivity index is 1.98. The smallest absolute Gasteiger partial charge is 0.0783 e. The van der Waals surface area contributed by atoms with E-state index in [1.165, 1.54) is 40.1 Å². The standard InChI is InChI=1S/C22H23N/c1-20(2)21(3)11-12-22(20,4)18-16-10-9-14-7-5-6-8-15(14)19(16)23-13-17(18)21/h5-10,13H,11-12H2,1-4H3. The minimum Gasteiger partial charge on any atom is -0.255 e. The quantitative estimate of drug-likeness (QED) is 0.483. The maximum Gasteiger partial charge on any atom is 0.0783 e. The van der Waals surface area contributed by atoms with Gasteiger partial charge in [-0.1, -0.05) is 64.1 Å². The van der Waals surface area contributed by atoms with Gasteiger partial charge in [0.05, 0.1) is 5.52 Å². The Morgan fingerprint density at radius 2 is 1.57 bits per heavy atom. The second kappa shape index (κ2) is 3.77. The number of nitrogens with zero attached hydrogens (tertiary/aromatic N) is 1. The Bertz CT molecular complexity index is 984. The molecule has 3 aromatic rings. The Kier molecular flexibility index (Phi) is 2.22. The third-order valence-electron chi connectivity index (χ3n) is 7.79. The van der Waals surface area contributed by atoms with E-state index >= 15 is 0 Å². The van der Waals surface area contributed by atoms with Gasteiger partial charge in [0.15, 0.2) is 0 Å². The monoisotopic (exact) mass is 301 g/mol. The molecule has 1 heteroatoms. The fraction of sp³-hybridized carbons (Fsp3) is 0.409. The first-order valence-corrected chi connectivity index (χ1v) is 8.72. The molecule has 116 valence electrons. The third-order valence-corrected chi connectivity index (χ3v) is 7.79. The molecule has 1 saturated carbocycles. The molecule has 5 rings (SSSR count). The van der Waals surface area contributed by atoms with E-state index in [4.69, 9.17) is 4.98 Å². The van der Waals surface area contributed by atoms with Gasteiger partial charge in [0, 0.05) is 22.4 Å². The van der Waals surface area contributed by atoms with E-state index < -0.39 is 0 Å². The fourth-order valence-electron chi connectivity index (χ4n) is 5.59. The molecule has 1 nitrogen and oxygen atoms in total. The Labute approximate surface area is 137 Å². The normalized spacial score (nSPS) is 31.0. The van der Waals surface area contributed by atoms with E-state index in [0.717, 1.165) is 0 Å². The van der Waals surface area contributed by atoms with Gasteiger partial charge in [-0.3, -0.25) is 4.98 Å². The van der Waals surface area contributed by atoms with Crippen molar-refractivity contribution in [2.75, 3.05) is 0 Å². The lowest BCUT2D eigenvalue weighted by Crippen LogP contribution is -2.37. The van der Waals surface area contributed by atoms with Crippen molar-refractivity contribution in [1.29, 1.82) is 0 Å². The lowest BCUT2D eigenvalue weighted by Gasteiger charge is -2.39. The predicted molar refractivity (Wildman–Crippen MR) is 97.0 cm³/mol. The summed E-state index contributed by atoms with van der Waals surface area (Å²) < 4.78 is 0. The van der Waals surface area contributed by atoms with Crippen molar-refractivity contribution in [2.24, 2.45) is 5.41 Å². The molecule has 1 fully saturated rings. The van der Waals surface area contributed by atoms with Crippen LogP contribution in [0.3, 0.4) is 0 Å². The Morgan fingerprint density at radius 3 is 2.39 bits per heavy atom. The summed E-state index contributed by atoms with van der Waals surface area (Å²) in [7, 11) is 0. The lowest BCUT2D eigenvalue weighted by atomic mass is 9.64. The van der Waals surface area contributed by atoms with E-state index in [2.05, 4.69) is 70.3 Å². The van der Waals surface area contributed by atoms with E-state index in [-0.39, 0.29) is 16.2 Å². The number of rotatable bonds is 0. The fourth-order valence-corrected chi connectivity index (χ4v) is 5.59. The summed E-state index contributed by atoms with van der Waals surface area (Å²) in [5.41, 5.74) is 5.04. The zero-order chi connectivity index (χ0) is 16.0. The molecule has 2 unspecified atom stereocenters. The van der Waals surface area contributed by atoms with E-state index in [0.29, 0.717) is 0 Å². The largest absolute Gasteiger partial charge is 0.255 e. The molecule has 0 amide bonds. The van der Waals surface area contributed by atoms with Gasteiger partial charge >= 0.3 is 0 Å². The first-order chi connectivity index (χ1) is 10.9. The molecule has 2 aliphatic carbocycles. The van der Waals surface area contributed by atoms with Crippen LogP contribution in [-0.4, -0.2) is 4.98 Å². The summed E-state index contributed by atoms with van der Waals surface area (Å²) in [4.78, 5) is 4.94. The van der Waals surface area contributed by atoms with Crippen molar-refractivity contribution in [3.63, 3.8) is 0 Å². The SMILES string of the molecule is CC12CCC(C)(c3c1cnc1c3ccc3ccccc31)C2(C)C. The molecule has 0 saturated heterocycles. The van der Waals surface area contributed by atoms with Gasteiger partial charge in [-0.15, -0.1) is 0 Å². The van der Waals surface area contributed by atoms with Gasteiger partial charge in [-0.05, 0) is 40.2 Å². The summed E-state index contributed by atoms with van der Waals surface area (Å²) in [5, 5.41) is 3.94. The van der Waals surface area contributed by atoms with Crippen molar-refractivity contribution in [1.82, 2.24) is 4.98 Å². The van der Waals surface area contributed by atoms with Gasteiger partial charge in [-0.2, -0.15) is 0 Å². The molecule has 0 radical (unpaired) electrons. The lowest BCUT2D eigenvalue weighted by molar-refractivity contribution is 0.172. The molecule has 2 aliphatic rings. The van der Waals surface area contributed by atoms with Crippen LogP contribution in [0.15, 0.2) is 42.6 Å². The summed E-state index contributed by atoms with van der Waals surface area (Å²) in [6.45, 7) is 9.87. The third kappa shape index (κ3) is 1.27. The van der Waals surface area contributed by atoms with Crippen molar-refractivity contribution >= 4 is 21.7 Å². The molecule has 2 aromatic carbocycles. The molecule has 0 spiro atoms. The van der Waals surface area contributed by atoms with Gasteiger partial charge < -0.3 is 0 Å². The van der Waals surface area contributed by atoms with E-state index in [1.807, 2.05) is 0 Å². The summed E-state index contributed by atoms with van der Waals surface area (Å²) in [6, 6.07) is 13.2. The molecule has 2 atom stereocenters. The highest BCUT2D eigenvalue weighted by atomic mass is 14.7. The minimum atomic E-state index is 0.251. The number of aromatic nitrogens is 1. The van der Waals surface area contributed by atoms with Crippen molar-refractivity contribution in [3.8, 4) is 0 Å². The zero-order valence-corrected chi connectivity index (χ0v) is 14.4. The summed E-state index contributed by atoms with van der Waals surface area (Å²) >= 11 is 0. The van der Waals surface area contributed by atoms with Crippen LogP contribution in [0.1, 0.15) is 51.7 Å². The van der Waals surface area contributed by atoms with E-state index in [9.17, 15) is 0 Å². The number of benzene rings is 2. The maximum absolute atomic E-state index is 4.94. The number of hydrogen-bond acceptors (Lipinski definition) is 1. The first kappa shape index (κ1) is 13.5. The first-order valence-electron chi connectivity index (χ1n) is 8.72. The number of fused-ring (bicyclic) bond motifs is 9. The van der Waals surface area contributed by atoms with E-state index in [1.54, 1.807) is 5.56 Å². The topological polar surface area (TPSA) is 12.9 Å². The van der Waals surface area contributed by atoms with Gasteiger partial charge in [-0.25, -0.2) is 0 Å². The highest BCUT2D eigenvalue weighted by molar-refractivity contribution is 6.07. The van der Waals surface area contributed by atoms with Crippen molar-refractivity contribution in [3.05, 3.63) is 53.7 Å². The van der Waals surface area contributed by atoms with Crippen molar-refractivity contribution < 1.29 is 0 Å². The molecule has 0 aliphatic heterocycles. The second-order valence-electron chi connectivity index (χ2n) is 8.52. The summed E-state index contributed by atoms with van der Waals surface area (Å²) in [6.07, 6.45) is 4.76.